The first-order valence-electron chi connectivity index (χ1n) is 7.49. The second kappa shape index (κ2) is 6.96. The summed E-state index contributed by atoms with van der Waals surface area (Å²) < 4.78 is 10.6. The van der Waals surface area contributed by atoms with Crippen LogP contribution >= 0.6 is 11.6 Å². The van der Waals surface area contributed by atoms with Crippen LogP contribution in [0.3, 0.4) is 0 Å². The van der Waals surface area contributed by atoms with Crippen molar-refractivity contribution in [2.75, 3.05) is 5.32 Å². The van der Waals surface area contributed by atoms with Gasteiger partial charge in [0.05, 0.1) is 4.92 Å². The number of benzene rings is 1. The van der Waals surface area contributed by atoms with E-state index in [1.807, 2.05) is 13.8 Å². The van der Waals surface area contributed by atoms with Crippen molar-refractivity contribution in [3.05, 3.63) is 56.6 Å². The Morgan fingerprint density at radius 2 is 1.88 bits per heavy atom. The Hall–Kier alpha value is -3.20. The van der Waals surface area contributed by atoms with Crippen molar-refractivity contribution in [2.24, 2.45) is 0 Å². The van der Waals surface area contributed by atoms with Crippen LogP contribution in [0.4, 0.5) is 17.3 Å². The predicted octanol–water partition coefficient (Wildman–Crippen LogP) is 4.49. The zero-order valence-corrected chi connectivity index (χ0v) is 14.9. The Labute approximate surface area is 153 Å². The third-order valence-electron chi connectivity index (χ3n) is 3.47. The molecule has 3 aromatic rings. The van der Waals surface area contributed by atoms with Gasteiger partial charge >= 0.3 is 11.6 Å². The number of aromatic nitrogens is 3. The van der Waals surface area contributed by atoms with E-state index in [1.54, 1.807) is 25.1 Å². The maximum atomic E-state index is 11.6. The highest BCUT2D eigenvalue weighted by Gasteiger charge is 2.26. The van der Waals surface area contributed by atoms with Gasteiger partial charge in [-0.15, -0.1) is 0 Å². The fourth-order valence-electron chi connectivity index (χ4n) is 2.32. The fourth-order valence-corrected chi connectivity index (χ4v) is 2.43. The Morgan fingerprint density at radius 1 is 1.19 bits per heavy atom. The maximum Gasteiger partial charge on any atom is 0.373 e. The first-order valence-corrected chi connectivity index (χ1v) is 7.87. The van der Waals surface area contributed by atoms with Gasteiger partial charge in [-0.05, 0) is 44.0 Å². The van der Waals surface area contributed by atoms with Crippen molar-refractivity contribution < 1.29 is 14.2 Å². The van der Waals surface area contributed by atoms with Gasteiger partial charge in [0.1, 0.15) is 17.8 Å². The molecule has 0 unspecified atom stereocenters. The van der Waals surface area contributed by atoms with Gasteiger partial charge in [0.25, 0.3) is 0 Å². The number of rotatable bonds is 5. The molecule has 0 bridgehead atoms. The minimum absolute atomic E-state index is 0.0595. The molecule has 2 heterocycles. The number of aryl methyl sites for hydroxylation is 3. The van der Waals surface area contributed by atoms with Gasteiger partial charge in [-0.25, -0.2) is 4.98 Å². The first-order chi connectivity index (χ1) is 12.3. The lowest BCUT2D eigenvalue weighted by Gasteiger charge is -2.10. The predicted molar refractivity (Wildman–Crippen MR) is 94.2 cm³/mol. The van der Waals surface area contributed by atoms with E-state index >= 15 is 0 Å². The second-order valence-electron chi connectivity index (χ2n) is 5.55. The maximum absolute atomic E-state index is 11.6. The molecule has 0 saturated carbocycles. The molecule has 26 heavy (non-hydrogen) atoms. The molecule has 2 aromatic heterocycles. The molecule has 1 aromatic carbocycles. The Kier molecular flexibility index (Phi) is 4.72. The number of hydrogen-bond acceptors (Lipinski definition) is 8. The SMILES string of the molecule is Cc1cc(Nc2ncnc(Oc3cc(C)c(Cl)c(C)c3)c2[N+](=O)[O-])no1. The normalized spacial score (nSPS) is 10.6. The highest BCUT2D eigenvalue weighted by Crippen LogP contribution is 2.36. The van der Waals surface area contributed by atoms with E-state index in [4.69, 9.17) is 20.9 Å². The average molecular weight is 376 g/mol. The van der Waals surface area contributed by atoms with Gasteiger partial charge in [-0.2, -0.15) is 4.98 Å². The van der Waals surface area contributed by atoms with Crippen molar-refractivity contribution in [2.45, 2.75) is 20.8 Å². The molecular formula is C16H14ClN5O4. The summed E-state index contributed by atoms with van der Waals surface area (Å²) in [6, 6.07) is 4.93. The smallest absolute Gasteiger partial charge is 0.373 e. The molecule has 0 saturated heterocycles. The molecule has 0 spiro atoms. The highest BCUT2D eigenvalue weighted by molar-refractivity contribution is 6.32. The quantitative estimate of drug-likeness (QED) is 0.512. The van der Waals surface area contributed by atoms with Crippen molar-refractivity contribution in [3.8, 4) is 11.6 Å². The lowest BCUT2D eigenvalue weighted by molar-refractivity contribution is -0.385. The molecule has 0 atom stereocenters. The van der Waals surface area contributed by atoms with E-state index in [1.165, 1.54) is 0 Å². The summed E-state index contributed by atoms with van der Waals surface area (Å²) >= 11 is 6.14. The number of ether oxygens (including phenoxy) is 1. The summed E-state index contributed by atoms with van der Waals surface area (Å²) in [5, 5.41) is 18.6. The van der Waals surface area contributed by atoms with Crippen LogP contribution < -0.4 is 10.1 Å². The Morgan fingerprint density at radius 3 is 2.46 bits per heavy atom. The average Bonchev–Trinajstić information content (AvgIpc) is 2.97. The lowest BCUT2D eigenvalue weighted by Crippen LogP contribution is -2.03. The molecule has 3 rings (SSSR count). The van der Waals surface area contributed by atoms with Crippen LogP contribution in [0.2, 0.25) is 5.02 Å². The van der Waals surface area contributed by atoms with Crippen molar-refractivity contribution in [1.29, 1.82) is 0 Å². The number of hydrogen-bond donors (Lipinski definition) is 1. The van der Waals surface area contributed by atoms with Gasteiger partial charge in [0.15, 0.2) is 5.82 Å². The summed E-state index contributed by atoms with van der Waals surface area (Å²) in [5.41, 5.74) is 1.16. The molecule has 134 valence electrons. The van der Waals surface area contributed by atoms with Crippen LogP contribution in [0.15, 0.2) is 29.0 Å². The number of nitro groups is 1. The number of nitrogens with zero attached hydrogens (tertiary/aromatic N) is 4. The third-order valence-corrected chi connectivity index (χ3v) is 4.07. The fraction of sp³-hybridized carbons (Fsp3) is 0.188. The molecule has 1 N–H and O–H groups in total. The third kappa shape index (κ3) is 3.57. The van der Waals surface area contributed by atoms with Crippen LogP contribution in [-0.2, 0) is 0 Å². The zero-order chi connectivity index (χ0) is 18.8. The Balaban J connectivity index is 1.99. The number of halogens is 1. The van der Waals surface area contributed by atoms with E-state index in [9.17, 15) is 10.1 Å². The molecule has 10 heteroatoms. The molecular weight excluding hydrogens is 362 g/mol. The highest BCUT2D eigenvalue weighted by atomic mass is 35.5. The number of nitrogens with one attached hydrogen (secondary N) is 1. The minimum atomic E-state index is -0.625. The summed E-state index contributed by atoms with van der Waals surface area (Å²) in [7, 11) is 0. The molecule has 0 aliphatic carbocycles. The van der Waals surface area contributed by atoms with Gasteiger partial charge in [-0.1, -0.05) is 16.8 Å². The van der Waals surface area contributed by atoms with Crippen molar-refractivity contribution in [3.63, 3.8) is 0 Å². The molecule has 0 aliphatic heterocycles. The molecule has 0 aliphatic rings. The van der Waals surface area contributed by atoms with Gasteiger partial charge < -0.3 is 14.6 Å². The summed E-state index contributed by atoms with van der Waals surface area (Å²) in [6.07, 6.45) is 1.16. The second-order valence-corrected chi connectivity index (χ2v) is 5.93. The van der Waals surface area contributed by atoms with Gasteiger partial charge in [0, 0.05) is 11.1 Å². The largest absolute Gasteiger partial charge is 0.434 e. The van der Waals surface area contributed by atoms with E-state index in [2.05, 4.69) is 20.4 Å². The number of anilines is 2. The Bertz CT molecular complexity index is 966. The first kappa shape index (κ1) is 17.6. The summed E-state index contributed by atoms with van der Waals surface area (Å²) in [6.45, 7) is 5.33. The van der Waals surface area contributed by atoms with E-state index < -0.39 is 10.6 Å². The summed E-state index contributed by atoms with van der Waals surface area (Å²) in [5.74, 6) is 0.959. The monoisotopic (exact) mass is 375 g/mol. The molecule has 0 amide bonds. The van der Waals surface area contributed by atoms with Crippen LogP contribution in [0.1, 0.15) is 16.9 Å². The van der Waals surface area contributed by atoms with Gasteiger partial charge in [0.2, 0.25) is 5.82 Å². The van der Waals surface area contributed by atoms with Crippen molar-refractivity contribution in [1.82, 2.24) is 15.1 Å². The molecule has 9 nitrogen and oxygen atoms in total. The van der Waals surface area contributed by atoms with E-state index in [-0.39, 0.29) is 17.5 Å². The zero-order valence-electron chi connectivity index (χ0n) is 14.1. The van der Waals surface area contributed by atoms with Gasteiger partial charge in [-0.3, -0.25) is 10.1 Å². The standard InChI is InChI=1S/C16H14ClN5O4/c1-8-4-11(5-9(2)13(8)17)25-16-14(22(23)24)15(18-7-19-16)20-12-6-10(3)26-21-12/h4-7H,1-3H3,(H,18,19,20,21). The van der Waals surface area contributed by atoms with E-state index in [0.717, 1.165) is 17.5 Å². The van der Waals surface area contributed by atoms with Crippen LogP contribution in [0.25, 0.3) is 0 Å². The molecule has 0 radical (unpaired) electrons. The topological polar surface area (TPSA) is 116 Å². The van der Waals surface area contributed by atoms with Crippen LogP contribution in [0, 0.1) is 30.9 Å². The minimum Gasteiger partial charge on any atom is -0.434 e. The van der Waals surface area contributed by atoms with E-state index in [0.29, 0.717) is 16.5 Å². The van der Waals surface area contributed by atoms with Crippen molar-refractivity contribution >= 4 is 28.9 Å². The lowest BCUT2D eigenvalue weighted by atomic mass is 10.1. The molecule has 0 fully saturated rings. The van der Waals surface area contributed by atoms with Crippen LogP contribution in [0.5, 0.6) is 11.6 Å². The summed E-state index contributed by atoms with van der Waals surface area (Å²) in [4.78, 5) is 18.7. The van der Waals surface area contributed by atoms with Crippen LogP contribution in [-0.4, -0.2) is 20.0 Å².